The number of hydrogen-bond donors (Lipinski definition) is 3. The number of halogens is 1. The van der Waals surface area contributed by atoms with E-state index < -0.39 is 11.8 Å². The predicted octanol–water partition coefficient (Wildman–Crippen LogP) is 8.84. The Morgan fingerprint density at radius 1 is 0.771 bits per heavy atom. The molecule has 9 heteroatoms. The van der Waals surface area contributed by atoms with E-state index in [2.05, 4.69) is 16.0 Å². The van der Waals surface area contributed by atoms with Gasteiger partial charge in [-0.15, -0.1) is 11.8 Å². The summed E-state index contributed by atoms with van der Waals surface area (Å²) in [5.41, 5.74) is 3.41. The molecule has 1 unspecified atom stereocenters. The van der Waals surface area contributed by atoms with Gasteiger partial charge in [-0.1, -0.05) is 85.3 Å². The van der Waals surface area contributed by atoms with Crippen LogP contribution in [0.25, 0.3) is 6.08 Å². The van der Waals surface area contributed by atoms with Crippen LogP contribution in [-0.4, -0.2) is 23.0 Å². The third-order valence-corrected chi connectivity index (χ3v) is 8.72. The van der Waals surface area contributed by atoms with Crippen molar-refractivity contribution in [1.82, 2.24) is 5.32 Å². The Kier molecular flexibility index (Phi) is 12.1. The van der Waals surface area contributed by atoms with Crippen LogP contribution >= 0.6 is 23.4 Å². The van der Waals surface area contributed by atoms with Crippen molar-refractivity contribution in [2.75, 3.05) is 10.6 Å². The molecule has 1 atom stereocenters. The van der Waals surface area contributed by atoms with Crippen LogP contribution < -0.4 is 20.7 Å². The van der Waals surface area contributed by atoms with Crippen molar-refractivity contribution in [2.24, 2.45) is 0 Å². The van der Waals surface area contributed by atoms with E-state index in [-0.39, 0.29) is 16.9 Å². The van der Waals surface area contributed by atoms with Gasteiger partial charge < -0.3 is 20.7 Å². The van der Waals surface area contributed by atoms with Crippen LogP contribution in [0.15, 0.2) is 144 Å². The molecule has 48 heavy (non-hydrogen) atoms. The van der Waals surface area contributed by atoms with Crippen LogP contribution in [0.1, 0.15) is 34.8 Å². The van der Waals surface area contributed by atoms with Gasteiger partial charge in [0.15, 0.2) is 0 Å². The molecule has 0 spiro atoms. The van der Waals surface area contributed by atoms with E-state index in [0.29, 0.717) is 46.3 Å². The highest BCUT2D eigenvalue weighted by molar-refractivity contribution is 8.00. The summed E-state index contributed by atoms with van der Waals surface area (Å²) < 4.78 is 5.89. The summed E-state index contributed by atoms with van der Waals surface area (Å²) in [5.74, 6) is -0.374. The van der Waals surface area contributed by atoms with Crippen LogP contribution in [-0.2, 0) is 16.2 Å². The maximum absolute atomic E-state index is 13.6. The Labute approximate surface area is 289 Å². The SMILES string of the molecule is CCC(Sc1cccc(NC(=O)/C(=C/c2ccc(OCc3ccccc3)cc2)NC(=O)c2ccccc2)c1)C(=O)Nc1ccc(Cl)cc1. The fraction of sp³-hybridized carbons (Fsp3) is 0.103. The first-order valence-electron chi connectivity index (χ1n) is 15.4. The molecule has 0 aliphatic carbocycles. The van der Waals surface area contributed by atoms with Gasteiger partial charge in [-0.3, -0.25) is 14.4 Å². The summed E-state index contributed by atoms with van der Waals surface area (Å²) in [6, 6.07) is 40.0. The van der Waals surface area contributed by atoms with E-state index in [1.54, 1.807) is 66.7 Å². The minimum atomic E-state index is -0.502. The van der Waals surface area contributed by atoms with Gasteiger partial charge in [0.25, 0.3) is 11.8 Å². The second-order valence-electron chi connectivity index (χ2n) is 10.7. The second-order valence-corrected chi connectivity index (χ2v) is 12.4. The number of anilines is 2. The summed E-state index contributed by atoms with van der Waals surface area (Å²) in [6.45, 7) is 2.37. The number of benzene rings is 5. The van der Waals surface area contributed by atoms with Crippen molar-refractivity contribution in [3.05, 3.63) is 161 Å². The average Bonchev–Trinajstić information content (AvgIpc) is 3.12. The monoisotopic (exact) mass is 675 g/mol. The van der Waals surface area contributed by atoms with Gasteiger partial charge >= 0.3 is 0 Å². The molecule has 0 aliphatic rings. The Bertz CT molecular complexity index is 1870. The molecule has 0 heterocycles. The van der Waals surface area contributed by atoms with Crippen molar-refractivity contribution in [3.8, 4) is 5.75 Å². The third-order valence-electron chi connectivity index (χ3n) is 7.11. The highest BCUT2D eigenvalue weighted by Crippen LogP contribution is 2.29. The first-order valence-corrected chi connectivity index (χ1v) is 16.6. The molecule has 5 rings (SSSR count). The Balaban J connectivity index is 1.29. The van der Waals surface area contributed by atoms with E-state index in [9.17, 15) is 14.4 Å². The second kappa shape index (κ2) is 17.0. The van der Waals surface area contributed by atoms with Crippen LogP contribution in [0.5, 0.6) is 5.75 Å². The number of carbonyl (C=O) groups excluding carboxylic acids is 3. The van der Waals surface area contributed by atoms with E-state index in [4.69, 9.17) is 16.3 Å². The van der Waals surface area contributed by atoms with Crippen molar-refractivity contribution in [2.45, 2.75) is 30.1 Å². The number of carbonyl (C=O) groups is 3. The summed E-state index contributed by atoms with van der Waals surface area (Å²) in [4.78, 5) is 40.5. The van der Waals surface area contributed by atoms with Crippen LogP contribution in [0.4, 0.5) is 11.4 Å². The smallest absolute Gasteiger partial charge is 0.272 e. The fourth-order valence-corrected chi connectivity index (χ4v) is 5.74. The highest BCUT2D eigenvalue weighted by atomic mass is 35.5. The third kappa shape index (κ3) is 10.1. The van der Waals surface area contributed by atoms with Gasteiger partial charge in [-0.2, -0.15) is 0 Å². The lowest BCUT2D eigenvalue weighted by atomic mass is 10.1. The van der Waals surface area contributed by atoms with Crippen molar-refractivity contribution in [1.29, 1.82) is 0 Å². The molecule has 242 valence electrons. The number of rotatable bonds is 13. The molecule has 7 nitrogen and oxygen atoms in total. The topological polar surface area (TPSA) is 96.5 Å². The maximum atomic E-state index is 13.6. The number of thioether (sulfide) groups is 1. The number of nitrogens with one attached hydrogen (secondary N) is 3. The molecule has 3 N–H and O–H groups in total. The minimum Gasteiger partial charge on any atom is -0.489 e. The van der Waals surface area contributed by atoms with Gasteiger partial charge in [-0.05, 0) is 90.4 Å². The molecule has 0 fully saturated rings. The van der Waals surface area contributed by atoms with Crippen LogP contribution in [0, 0.1) is 0 Å². The molecule has 0 aliphatic heterocycles. The van der Waals surface area contributed by atoms with Gasteiger partial charge in [0.05, 0.1) is 5.25 Å². The molecule has 0 saturated carbocycles. The summed E-state index contributed by atoms with van der Waals surface area (Å²) >= 11 is 7.37. The van der Waals surface area contributed by atoms with E-state index in [0.717, 1.165) is 10.5 Å². The number of ether oxygens (including phenoxy) is 1. The molecule has 0 radical (unpaired) electrons. The highest BCUT2D eigenvalue weighted by Gasteiger charge is 2.19. The van der Waals surface area contributed by atoms with Gasteiger partial charge in [-0.25, -0.2) is 0 Å². The van der Waals surface area contributed by atoms with Crippen molar-refractivity contribution >= 4 is 58.5 Å². The van der Waals surface area contributed by atoms with Crippen molar-refractivity contribution < 1.29 is 19.1 Å². The summed E-state index contributed by atoms with van der Waals surface area (Å²) in [5, 5.41) is 8.83. The fourth-order valence-electron chi connectivity index (χ4n) is 4.60. The van der Waals surface area contributed by atoms with Gasteiger partial charge in [0, 0.05) is 26.9 Å². The van der Waals surface area contributed by atoms with E-state index >= 15 is 0 Å². The van der Waals surface area contributed by atoms with Gasteiger partial charge in [0.1, 0.15) is 18.1 Å². The average molecular weight is 676 g/mol. The van der Waals surface area contributed by atoms with Gasteiger partial charge in [0.2, 0.25) is 5.91 Å². The van der Waals surface area contributed by atoms with Crippen LogP contribution in [0.3, 0.4) is 0 Å². The molecular formula is C39H34ClN3O4S. The van der Waals surface area contributed by atoms with Crippen LogP contribution in [0.2, 0.25) is 5.02 Å². The van der Waals surface area contributed by atoms with E-state index in [1.807, 2.05) is 79.7 Å². The quantitative estimate of drug-likeness (QED) is 0.0856. The zero-order valence-corrected chi connectivity index (χ0v) is 27.8. The maximum Gasteiger partial charge on any atom is 0.272 e. The van der Waals surface area contributed by atoms with E-state index in [1.165, 1.54) is 11.8 Å². The normalized spacial score (nSPS) is 11.7. The lowest BCUT2D eigenvalue weighted by Gasteiger charge is -2.16. The Morgan fingerprint density at radius 2 is 1.46 bits per heavy atom. The minimum absolute atomic E-state index is 0.0636. The number of amides is 3. The molecular weight excluding hydrogens is 642 g/mol. The molecule has 5 aromatic rings. The summed E-state index contributed by atoms with van der Waals surface area (Å²) in [6.07, 6.45) is 2.21. The largest absolute Gasteiger partial charge is 0.489 e. The molecule has 3 amide bonds. The predicted molar refractivity (Wildman–Crippen MR) is 194 cm³/mol. The molecule has 5 aromatic carbocycles. The zero-order chi connectivity index (χ0) is 33.7. The summed E-state index contributed by atoms with van der Waals surface area (Å²) in [7, 11) is 0. The lowest BCUT2D eigenvalue weighted by Crippen LogP contribution is -2.30. The standard InChI is InChI=1S/C39H34ClN3O4S/c1-2-36(39(46)41-31-20-18-30(40)19-21-31)48-34-15-9-14-32(25-34)42-38(45)35(43-37(44)29-12-7-4-8-13-29)24-27-16-22-33(23-17-27)47-26-28-10-5-3-6-11-28/h3-25,36H,2,26H2,1H3,(H,41,46)(H,42,45)(H,43,44)/b35-24-. The lowest BCUT2D eigenvalue weighted by molar-refractivity contribution is -0.116. The Hall–Kier alpha value is -5.31. The molecule has 0 aromatic heterocycles. The Morgan fingerprint density at radius 3 is 2.15 bits per heavy atom. The first-order chi connectivity index (χ1) is 23.4. The molecule has 0 bridgehead atoms. The zero-order valence-electron chi connectivity index (χ0n) is 26.2. The number of hydrogen-bond acceptors (Lipinski definition) is 5. The molecule has 0 saturated heterocycles. The first kappa shape index (κ1) is 34.0. The van der Waals surface area contributed by atoms with Crippen molar-refractivity contribution in [3.63, 3.8) is 0 Å².